The highest BCUT2D eigenvalue weighted by atomic mass is 16.7. The Balaban J connectivity index is 2.86. The summed E-state index contributed by atoms with van der Waals surface area (Å²) in [5.41, 5.74) is 8.21. The Bertz CT molecular complexity index is 534. The Morgan fingerprint density at radius 3 is 2.54 bits per heavy atom. The minimum atomic E-state index is -1.41. The SMILES string of the molecule is CC(=O)OCC1O[C@H](O)C(NC(=O)CN=[N+]=[N-])[C@@H](C)[C@H]1OC(C)=O. The van der Waals surface area contributed by atoms with Crippen LogP contribution in [0.1, 0.15) is 20.8 Å². The average Bonchev–Trinajstić information content (AvgIpc) is 2.50. The number of aliphatic hydroxyl groups is 1. The van der Waals surface area contributed by atoms with Gasteiger partial charge in [0.05, 0.1) is 6.04 Å². The fourth-order valence-corrected chi connectivity index (χ4v) is 2.38. The monoisotopic (exact) mass is 344 g/mol. The number of aliphatic hydroxyl groups excluding tert-OH is 1. The van der Waals surface area contributed by atoms with Crippen molar-refractivity contribution in [1.82, 2.24) is 5.32 Å². The van der Waals surface area contributed by atoms with Gasteiger partial charge in [0.25, 0.3) is 0 Å². The highest BCUT2D eigenvalue weighted by Crippen LogP contribution is 2.28. The summed E-state index contributed by atoms with van der Waals surface area (Å²) in [6.07, 6.45) is -3.15. The number of azide groups is 1. The van der Waals surface area contributed by atoms with Gasteiger partial charge in [0.15, 0.2) is 6.29 Å². The molecule has 24 heavy (non-hydrogen) atoms. The standard InChI is InChI=1S/C13H20N4O7/c1-6-11(16-10(20)4-15-17-14)13(21)24-9(5-22-7(2)18)12(6)23-8(3)19/h6,9,11-13,21H,4-5H2,1-3H3,(H,16,20)/t6-,9?,11?,12-,13+/m1/s1. The number of hydrogen-bond donors (Lipinski definition) is 2. The van der Waals surface area contributed by atoms with E-state index in [0.29, 0.717) is 0 Å². The van der Waals surface area contributed by atoms with Crippen LogP contribution in [-0.4, -0.2) is 60.6 Å². The molecule has 0 radical (unpaired) electrons. The van der Waals surface area contributed by atoms with Gasteiger partial charge in [0.2, 0.25) is 5.91 Å². The predicted octanol–water partition coefficient (Wildman–Crippen LogP) is -0.370. The molecule has 0 aromatic rings. The van der Waals surface area contributed by atoms with Gasteiger partial charge in [0.1, 0.15) is 25.4 Å². The third kappa shape index (κ3) is 5.69. The van der Waals surface area contributed by atoms with Gasteiger partial charge >= 0.3 is 11.9 Å². The topological polar surface area (TPSA) is 160 Å². The van der Waals surface area contributed by atoms with Gasteiger partial charge in [-0.3, -0.25) is 14.4 Å². The lowest BCUT2D eigenvalue weighted by molar-refractivity contribution is -0.246. The van der Waals surface area contributed by atoms with Crippen molar-refractivity contribution in [2.24, 2.45) is 11.0 Å². The summed E-state index contributed by atoms with van der Waals surface area (Å²) in [6.45, 7) is 3.40. The molecule has 1 saturated heterocycles. The van der Waals surface area contributed by atoms with E-state index in [1.54, 1.807) is 6.92 Å². The molecule has 1 fully saturated rings. The molecule has 134 valence electrons. The molecule has 1 aliphatic heterocycles. The zero-order valence-corrected chi connectivity index (χ0v) is 13.5. The van der Waals surface area contributed by atoms with Crippen LogP contribution in [0.4, 0.5) is 0 Å². The molecule has 0 aromatic carbocycles. The van der Waals surface area contributed by atoms with Crippen molar-refractivity contribution < 1.29 is 33.7 Å². The second kappa shape index (κ2) is 9.06. The molecular weight excluding hydrogens is 324 g/mol. The van der Waals surface area contributed by atoms with E-state index in [1.807, 2.05) is 0 Å². The van der Waals surface area contributed by atoms with E-state index >= 15 is 0 Å². The summed E-state index contributed by atoms with van der Waals surface area (Å²) in [5.74, 6) is -2.30. The van der Waals surface area contributed by atoms with Gasteiger partial charge in [0, 0.05) is 24.7 Å². The summed E-state index contributed by atoms with van der Waals surface area (Å²) in [7, 11) is 0. The normalized spacial score (nSPS) is 29.1. The molecule has 1 rings (SSSR count). The summed E-state index contributed by atoms with van der Waals surface area (Å²) < 4.78 is 15.4. The van der Waals surface area contributed by atoms with Gasteiger partial charge in [-0.25, -0.2) is 0 Å². The van der Waals surface area contributed by atoms with Crippen LogP contribution in [0.2, 0.25) is 0 Å². The van der Waals surface area contributed by atoms with E-state index in [2.05, 4.69) is 15.3 Å². The Morgan fingerprint density at radius 2 is 2.00 bits per heavy atom. The first kappa shape index (κ1) is 19.7. The quantitative estimate of drug-likeness (QED) is 0.287. The van der Waals surface area contributed by atoms with Crippen LogP contribution in [0.25, 0.3) is 10.4 Å². The van der Waals surface area contributed by atoms with Crippen molar-refractivity contribution in [1.29, 1.82) is 0 Å². The lowest BCUT2D eigenvalue weighted by Crippen LogP contribution is -2.61. The first-order valence-corrected chi connectivity index (χ1v) is 7.20. The third-order valence-electron chi connectivity index (χ3n) is 3.43. The number of nitrogens with zero attached hydrogens (tertiary/aromatic N) is 3. The van der Waals surface area contributed by atoms with Crippen LogP contribution in [-0.2, 0) is 28.6 Å². The maximum atomic E-state index is 11.7. The van der Waals surface area contributed by atoms with Crippen molar-refractivity contribution in [3.8, 4) is 0 Å². The molecule has 0 saturated carbocycles. The van der Waals surface area contributed by atoms with Gasteiger partial charge in [-0.1, -0.05) is 12.0 Å². The number of carbonyl (C=O) groups is 3. The molecule has 2 unspecified atom stereocenters. The number of esters is 2. The largest absolute Gasteiger partial charge is 0.463 e. The lowest BCUT2D eigenvalue weighted by Gasteiger charge is -2.43. The maximum Gasteiger partial charge on any atom is 0.303 e. The van der Waals surface area contributed by atoms with E-state index in [4.69, 9.17) is 19.7 Å². The average molecular weight is 344 g/mol. The molecular formula is C13H20N4O7. The summed E-state index contributed by atoms with van der Waals surface area (Å²) in [5, 5.41) is 15.7. The Labute approximate surface area is 137 Å². The van der Waals surface area contributed by atoms with Gasteiger partial charge < -0.3 is 24.6 Å². The Hall–Kier alpha value is -2.36. The molecule has 0 aromatic heterocycles. The van der Waals surface area contributed by atoms with Crippen molar-refractivity contribution in [3.63, 3.8) is 0 Å². The van der Waals surface area contributed by atoms with E-state index in [1.165, 1.54) is 13.8 Å². The van der Waals surface area contributed by atoms with Crippen molar-refractivity contribution >= 4 is 17.8 Å². The third-order valence-corrected chi connectivity index (χ3v) is 3.43. The van der Waals surface area contributed by atoms with E-state index in [-0.39, 0.29) is 6.61 Å². The van der Waals surface area contributed by atoms with Crippen molar-refractivity contribution in [2.45, 2.75) is 45.3 Å². The Morgan fingerprint density at radius 1 is 1.33 bits per heavy atom. The number of carbonyl (C=O) groups excluding carboxylic acids is 3. The van der Waals surface area contributed by atoms with E-state index < -0.39 is 54.8 Å². The van der Waals surface area contributed by atoms with Crippen LogP contribution in [0.3, 0.4) is 0 Å². The first-order chi connectivity index (χ1) is 11.3. The molecule has 1 heterocycles. The molecule has 5 atom stereocenters. The smallest absolute Gasteiger partial charge is 0.303 e. The number of nitrogens with one attached hydrogen (secondary N) is 1. The van der Waals surface area contributed by atoms with Gasteiger partial charge in [-0.05, 0) is 5.53 Å². The van der Waals surface area contributed by atoms with Crippen LogP contribution < -0.4 is 5.32 Å². The number of hydrogen-bond acceptors (Lipinski definition) is 8. The van der Waals surface area contributed by atoms with Crippen LogP contribution >= 0.6 is 0 Å². The highest BCUT2D eigenvalue weighted by molar-refractivity contribution is 5.78. The second-order valence-corrected chi connectivity index (χ2v) is 5.28. The Kier molecular flexibility index (Phi) is 7.43. The zero-order valence-electron chi connectivity index (χ0n) is 13.5. The maximum absolute atomic E-state index is 11.7. The summed E-state index contributed by atoms with van der Waals surface area (Å²) in [4.78, 5) is 36.4. The lowest BCUT2D eigenvalue weighted by atomic mass is 9.88. The number of ether oxygens (including phenoxy) is 3. The van der Waals surface area contributed by atoms with Crippen LogP contribution in [0, 0.1) is 5.92 Å². The second-order valence-electron chi connectivity index (χ2n) is 5.28. The predicted molar refractivity (Wildman–Crippen MR) is 78.2 cm³/mol. The van der Waals surface area contributed by atoms with Gasteiger partial charge in [-0.15, -0.1) is 0 Å². The minimum absolute atomic E-state index is 0.214. The van der Waals surface area contributed by atoms with Crippen molar-refractivity contribution in [2.75, 3.05) is 13.2 Å². The van der Waals surface area contributed by atoms with Crippen LogP contribution in [0.15, 0.2) is 5.11 Å². The van der Waals surface area contributed by atoms with Crippen molar-refractivity contribution in [3.05, 3.63) is 10.4 Å². The van der Waals surface area contributed by atoms with Crippen LogP contribution in [0.5, 0.6) is 0 Å². The zero-order chi connectivity index (χ0) is 18.3. The number of amides is 1. The highest BCUT2D eigenvalue weighted by Gasteiger charge is 2.45. The molecule has 11 heteroatoms. The van der Waals surface area contributed by atoms with Gasteiger partial charge in [-0.2, -0.15) is 0 Å². The molecule has 1 aliphatic rings. The molecule has 1 amide bonds. The number of rotatable bonds is 6. The first-order valence-electron chi connectivity index (χ1n) is 7.20. The molecule has 0 aliphatic carbocycles. The molecule has 0 bridgehead atoms. The summed E-state index contributed by atoms with van der Waals surface area (Å²) in [6, 6.07) is -0.899. The molecule has 0 spiro atoms. The minimum Gasteiger partial charge on any atom is -0.463 e. The molecule has 11 nitrogen and oxygen atoms in total. The van der Waals surface area contributed by atoms with E-state index in [9.17, 15) is 19.5 Å². The summed E-state index contributed by atoms with van der Waals surface area (Å²) >= 11 is 0. The fourth-order valence-electron chi connectivity index (χ4n) is 2.38. The molecule has 2 N–H and O–H groups in total. The fraction of sp³-hybridized carbons (Fsp3) is 0.769. The van der Waals surface area contributed by atoms with E-state index in [0.717, 1.165) is 0 Å².